The van der Waals surface area contributed by atoms with E-state index < -0.39 is 16.6 Å². The van der Waals surface area contributed by atoms with Gasteiger partial charge >= 0.3 is 0 Å². The summed E-state index contributed by atoms with van der Waals surface area (Å²) in [4.78, 5) is 17.3. The smallest absolute Gasteiger partial charge is 0.179 e. The standard InChI is InChI=1S/2C3H10OSi.Fe/c2*1-5(2,3)4;/h2*4H,1-3H3;. The van der Waals surface area contributed by atoms with E-state index in [4.69, 9.17) is 9.59 Å². The Morgan fingerprint density at radius 2 is 0.636 bits per heavy atom. The number of hydrogen-bond donors (Lipinski definition) is 2. The molecule has 0 aliphatic carbocycles. The minimum Gasteiger partial charge on any atom is -0.433 e. The number of hydrogen-bond acceptors (Lipinski definition) is 2. The molecule has 0 aromatic heterocycles. The Labute approximate surface area is 82.8 Å². The predicted octanol–water partition coefficient (Wildman–Crippen LogP) is 1.62. The second-order valence-electron chi connectivity index (χ2n) is 4.34. The Morgan fingerprint density at radius 1 is 0.636 bits per heavy atom. The van der Waals surface area contributed by atoms with Gasteiger partial charge in [-0.05, 0) is 39.3 Å². The van der Waals surface area contributed by atoms with Crippen molar-refractivity contribution in [3.05, 3.63) is 0 Å². The molecule has 0 aliphatic rings. The molecule has 5 heteroatoms. The summed E-state index contributed by atoms with van der Waals surface area (Å²) in [5.74, 6) is 0. The fraction of sp³-hybridized carbons (Fsp3) is 1.00. The molecule has 0 unspecified atom stereocenters. The van der Waals surface area contributed by atoms with Crippen LogP contribution < -0.4 is 0 Å². The molecule has 0 radical (unpaired) electrons. The van der Waals surface area contributed by atoms with E-state index in [1.807, 2.05) is 39.3 Å². The van der Waals surface area contributed by atoms with Crippen molar-refractivity contribution >= 4 is 16.6 Å². The second-order valence-corrected chi connectivity index (χ2v) is 13.0. The molecule has 0 aromatic carbocycles. The van der Waals surface area contributed by atoms with Gasteiger partial charge in [-0.1, -0.05) is 0 Å². The fourth-order valence-corrected chi connectivity index (χ4v) is 0. The van der Waals surface area contributed by atoms with Crippen LogP contribution >= 0.6 is 0 Å². The first kappa shape index (κ1) is 17.8. The summed E-state index contributed by atoms with van der Waals surface area (Å²) in [6.07, 6.45) is 0. The molecule has 0 amide bonds. The van der Waals surface area contributed by atoms with Gasteiger partial charge in [0.2, 0.25) is 0 Å². The van der Waals surface area contributed by atoms with Crippen LogP contribution in [0.2, 0.25) is 39.3 Å². The normalized spacial score (nSPS) is 10.9. The van der Waals surface area contributed by atoms with E-state index in [0.717, 1.165) is 0 Å². The van der Waals surface area contributed by atoms with Crippen molar-refractivity contribution in [2.24, 2.45) is 0 Å². The summed E-state index contributed by atoms with van der Waals surface area (Å²) < 4.78 is 0. The summed E-state index contributed by atoms with van der Waals surface area (Å²) >= 11 is 0. The van der Waals surface area contributed by atoms with Gasteiger partial charge in [0.1, 0.15) is 0 Å². The Balaban J connectivity index is -0.000000107. The van der Waals surface area contributed by atoms with E-state index in [1.165, 1.54) is 0 Å². The van der Waals surface area contributed by atoms with Gasteiger partial charge < -0.3 is 9.59 Å². The molecule has 0 atom stereocenters. The molecule has 0 aromatic rings. The van der Waals surface area contributed by atoms with Crippen molar-refractivity contribution in [1.82, 2.24) is 0 Å². The van der Waals surface area contributed by atoms with Gasteiger partial charge in [-0.25, -0.2) is 0 Å². The van der Waals surface area contributed by atoms with Gasteiger partial charge in [-0.2, -0.15) is 0 Å². The van der Waals surface area contributed by atoms with Gasteiger partial charge in [-0.3, -0.25) is 0 Å². The molecule has 2 N–H and O–H groups in total. The minimum atomic E-state index is -1.61. The maximum absolute atomic E-state index is 8.66. The van der Waals surface area contributed by atoms with Gasteiger partial charge in [0, 0.05) is 17.1 Å². The van der Waals surface area contributed by atoms with Gasteiger partial charge in [0.05, 0.1) is 0 Å². The van der Waals surface area contributed by atoms with Crippen molar-refractivity contribution in [2.45, 2.75) is 39.3 Å². The van der Waals surface area contributed by atoms with E-state index in [0.29, 0.717) is 0 Å². The van der Waals surface area contributed by atoms with E-state index in [-0.39, 0.29) is 17.1 Å². The SMILES string of the molecule is C[Si](C)(C)O.C[Si](C)(C)O.[Fe]. The maximum atomic E-state index is 8.66. The Hall–Kier alpha value is 0.873. The molecule has 11 heavy (non-hydrogen) atoms. The van der Waals surface area contributed by atoms with Crippen molar-refractivity contribution in [2.75, 3.05) is 0 Å². The molecule has 0 saturated heterocycles. The monoisotopic (exact) mass is 236 g/mol. The molecule has 0 saturated carbocycles. The third kappa shape index (κ3) is 1120. The van der Waals surface area contributed by atoms with Crippen LogP contribution in [0.3, 0.4) is 0 Å². The van der Waals surface area contributed by atoms with E-state index in [2.05, 4.69) is 0 Å². The Morgan fingerprint density at radius 3 is 0.636 bits per heavy atom. The predicted molar refractivity (Wildman–Crippen MR) is 51.1 cm³/mol. The number of rotatable bonds is 0. The largest absolute Gasteiger partial charge is 0.433 e. The van der Waals surface area contributed by atoms with Crippen molar-refractivity contribution in [1.29, 1.82) is 0 Å². The second kappa shape index (κ2) is 6.40. The van der Waals surface area contributed by atoms with E-state index in [9.17, 15) is 0 Å². The molecule has 0 rings (SSSR count). The minimum absolute atomic E-state index is 0. The van der Waals surface area contributed by atoms with Gasteiger partial charge in [0.15, 0.2) is 16.6 Å². The topological polar surface area (TPSA) is 40.5 Å². The first-order valence-electron chi connectivity index (χ1n) is 3.45. The zero-order valence-electron chi connectivity index (χ0n) is 8.25. The van der Waals surface area contributed by atoms with Gasteiger partial charge in [0.25, 0.3) is 0 Å². The van der Waals surface area contributed by atoms with Crippen molar-refractivity contribution in [3.63, 3.8) is 0 Å². The molecule has 0 spiro atoms. The third-order valence-corrected chi connectivity index (χ3v) is 0. The molecule has 0 bridgehead atoms. The van der Waals surface area contributed by atoms with E-state index in [1.54, 1.807) is 0 Å². The van der Waals surface area contributed by atoms with Crippen molar-refractivity contribution < 1.29 is 26.7 Å². The van der Waals surface area contributed by atoms with E-state index >= 15 is 0 Å². The summed E-state index contributed by atoms with van der Waals surface area (Å²) in [6, 6.07) is 0. The Kier molecular flexibility index (Phi) is 10.4. The zero-order chi connectivity index (χ0) is 9.00. The average molecular weight is 236 g/mol. The molecule has 2 nitrogen and oxygen atoms in total. The first-order valence-corrected chi connectivity index (χ1v) is 10.3. The summed E-state index contributed by atoms with van der Waals surface area (Å²) in [6.45, 7) is 11.3. The van der Waals surface area contributed by atoms with Gasteiger partial charge in [-0.15, -0.1) is 0 Å². The van der Waals surface area contributed by atoms with Crippen LogP contribution in [0, 0.1) is 0 Å². The molecule has 72 valence electrons. The summed E-state index contributed by atoms with van der Waals surface area (Å²) in [5.41, 5.74) is 0. The Bertz CT molecular complexity index is 61.6. The molecule has 0 heterocycles. The van der Waals surface area contributed by atoms with Crippen LogP contribution in [0.5, 0.6) is 0 Å². The average Bonchev–Trinajstić information content (AvgIpc) is 1.12. The quantitative estimate of drug-likeness (QED) is 0.627. The third-order valence-electron chi connectivity index (χ3n) is 0. The van der Waals surface area contributed by atoms with Crippen LogP contribution in [0.4, 0.5) is 0 Å². The summed E-state index contributed by atoms with van der Waals surface area (Å²) in [5, 5.41) is 0. The fourth-order valence-electron chi connectivity index (χ4n) is 0. The molecular weight excluding hydrogens is 216 g/mol. The maximum Gasteiger partial charge on any atom is 0.179 e. The molecule has 0 aliphatic heterocycles. The van der Waals surface area contributed by atoms with Crippen molar-refractivity contribution in [3.8, 4) is 0 Å². The zero-order valence-corrected chi connectivity index (χ0v) is 11.4. The first-order chi connectivity index (χ1) is 4.00. The molecule has 0 fully saturated rings. The van der Waals surface area contributed by atoms with Crippen LogP contribution in [0.15, 0.2) is 0 Å². The van der Waals surface area contributed by atoms with Crippen LogP contribution in [-0.4, -0.2) is 26.2 Å². The summed E-state index contributed by atoms with van der Waals surface area (Å²) in [7, 11) is -3.22. The van der Waals surface area contributed by atoms with Crippen LogP contribution in [0.1, 0.15) is 0 Å². The molecular formula is C6H20FeO2Si2. The van der Waals surface area contributed by atoms with Crippen LogP contribution in [0.25, 0.3) is 0 Å². The van der Waals surface area contributed by atoms with Crippen LogP contribution in [-0.2, 0) is 17.1 Å².